The minimum Gasteiger partial charge on any atom is -0.396 e. The van der Waals surface area contributed by atoms with Gasteiger partial charge in [0.1, 0.15) is 5.82 Å². The lowest BCUT2D eigenvalue weighted by molar-refractivity contribution is 0.282. The number of aromatic amines is 1. The summed E-state index contributed by atoms with van der Waals surface area (Å²) in [5.41, 5.74) is 0.139. The molecule has 0 aliphatic heterocycles. The highest BCUT2D eigenvalue weighted by Crippen LogP contribution is 2.13. The lowest BCUT2D eigenvalue weighted by Gasteiger charge is -2.06. The van der Waals surface area contributed by atoms with Crippen LogP contribution in [0.25, 0.3) is 11.2 Å². The predicted molar refractivity (Wildman–Crippen MR) is 94.4 cm³/mol. The lowest BCUT2D eigenvalue weighted by Crippen LogP contribution is -2.29. The van der Waals surface area contributed by atoms with E-state index in [-0.39, 0.29) is 5.56 Å². The van der Waals surface area contributed by atoms with Gasteiger partial charge in [-0.15, -0.1) is 0 Å². The Hall–Kier alpha value is -1.89. The van der Waals surface area contributed by atoms with Crippen LogP contribution in [-0.2, 0) is 13.6 Å². The quantitative estimate of drug-likeness (QED) is 0.648. The number of nitrogens with one attached hydrogen (secondary N) is 1. The number of fused-ring (bicyclic) bond motifs is 1. The lowest BCUT2D eigenvalue weighted by atomic mass is 10.1. The number of aromatic nitrogens is 4. The maximum atomic E-state index is 12.1. The van der Waals surface area contributed by atoms with Crippen molar-refractivity contribution in [2.24, 2.45) is 7.05 Å². The second kappa shape index (κ2) is 8.82. The molecule has 0 radical (unpaired) electrons. The number of nitrogens with zero attached hydrogens (tertiary/aromatic N) is 3. The van der Waals surface area contributed by atoms with Crippen LogP contribution < -0.4 is 11.2 Å². The van der Waals surface area contributed by atoms with E-state index >= 15 is 0 Å². The van der Waals surface area contributed by atoms with Crippen molar-refractivity contribution in [3.63, 3.8) is 0 Å². The summed E-state index contributed by atoms with van der Waals surface area (Å²) in [5.74, 6) is 0.765. The van der Waals surface area contributed by atoms with Gasteiger partial charge in [0.25, 0.3) is 5.56 Å². The van der Waals surface area contributed by atoms with E-state index in [1.807, 2.05) is 11.5 Å². The molecule has 0 aliphatic rings. The Morgan fingerprint density at radius 3 is 2.21 bits per heavy atom. The molecule has 2 rings (SSSR count). The second-order valence-corrected chi connectivity index (χ2v) is 6.35. The number of aliphatic hydroxyl groups is 1. The molecule has 134 valence electrons. The summed E-state index contributed by atoms with van der Waals surface area (Å²) in [6.45, 7) is 2.90. The first-order chi connectivity index (χ1) is 11.6. The Bertz CT molecular complexity index is 772. The third-order valence-electron chi connectivity index (χ3n) is 4.49. The Labute approximate surface area is 141 Å². The van der Waals surface area contributed by atoms with Gasteiger partial charge in [-0.1, -0.05) is 38.5 Å². The maximum Gasteiger partial charge on any atom is 0.329 e. The number of aliphatic hydroxyl groups excluding tert-OH is 1. The van der Waals surface area contributed by atoms with E-state index in [1.165, 1.54) is 30.3 Å². The van der Waals surface area contributed by atoms with Crippen molar-refractivity contribution in [1.82, 2.24) is 19.1 Å². The van der Waals surface area contributed by atoms with Crippen molar-refractivity contribution in [2.45, 2.75) is 64.8 Å². The molecular weight excluding hydrogens is 308 g/mol. The van der Waals surface area contributed by atoms with Crippen LogP contribution >= 0.6 is 0 Å². The number of rotatable bonds is 10. The Kier molecular flexibility index (Phi) is 6.78. The van der Waals surface area contributed by atoms with Crippen molar-refractivity contribution in [3.8, 4) is 0 Å². The number of H-pyrrole nitrogens is 1. The summed E-state index contributed by atoms with van der Waals surface area (Å²) in [5, 5.41) is 8.73. The fraction of sp³-hybridized carbons (Fsp3) is 0.706. The fourth-order valence-corrected chi connectivity index (χ4v) is 3.06. The van der Waals surface area contributed by atoms with E-state index in [1.54, 1.807) is 7.05 Å². The molecule has 0 atom stereocenters. The van der Waals surface area contributed by atoms with Crippen LogP contribution in [0.15, 0.2) is 9.59 Å². The van der Waals surface area contributed by atoms with Gasteiger partial charge in [0.15, 0.2) is 11.2 Å². The van der Waals surface area contributed by atoms with E-state index in [4.69, 9.17) is 5.11 Å². The van der Waals surface area contributed by atoms with E-state index in [0.29, 0.717) is 17.8 Å². The molecule has 0 saturated heterocycles. The average Bonchev–Trinajstić information content (AvgIpc) is 2.88. The van der Waals surface area contributed by atoms with E-state index in [0.717, 1.165) is 38.1 Å². The van der Waals surface area contributed by atoms with Crippen LogP contribution in [0.2, 0.25) is 0 Å². The van der Waals surface area contributed by atoms with Crippen LogP contribution in [-0.4, -0.2) is 30.8 Å². The molecule has 7 nitrogen and oxygen atoms in total. The molecule has 2 heterocycles. The molecule has 0 amide bonds. The Morgan fingerprint density at radius 2 is 1.58 bits per heavy atom. The minimum absolute atomic E-state index is 0.295. The van der Waals surface area contributed by atoms with Gasteiger partial charge in [-0.2, -0.15) is 0 Å². The van der Waals surface area contributed by atoms with Gasteiger partial charge < -0.3 is 9.67 Å². The standard InChI is InChI=1S/C17H28N4O3/c1-13-18-15-14(16(23)19-17(24)20(15)2)21(13)11-9-7-5-3-4-6-8-10-12-22/h22H,3-12H2,1-2H3,(H,19,23,24). The molecule has 0 spiro atoms. The molecule has 7 heteroatoms. The van der Waals surface area contributed by atoms with Gasteiger partial charge >= 0.3 is 5.69 Å². The summed E-state index contributed by atoms with van der Waals surface area (Å²) < 4.78 is 3.29. The summed E-state index contributed by atoms with van der Waals surface area (Å²) in [7, 11) is 1.62. The molecular formula is C17H28N4O3. The van der Waals surface area contributed by atoms with Crippen LogP contribution in [0.5, 0.6) is 0 Å². The summed E-state index contributed by atoms with van der Waals surface area (Å²) in [4.78, 5) is 30.5. The van der Waals surface area contributed by atoms with E-state index < -0.39 is 5.69 Å². The maximum absolute atomic E-state index is 12.1. The average molecular weight is 336 g/mol. The molecule has 0 unspecified atom stereocenters. The van der Waals surface area contributed by atoms with Crippen molar-refractivity contribution >= 4 is 11.2 Å². The van der Waals surface area contributed by atoms with Gasteiger partial charge in [0, 0.05) is 20.2 Å². The molecule has 0 bridgehead atoms. The monoisotopic (exact) mass is 336 g/mol. The molecule has 0 aliphatic carbocycles. The SMILES string of the molecule is Cc1nc2c(c(=O)[nH]c(=O)n2C)n1CCCCCCCCCCO. The number of hydrogen-bond acceptors (Lipinski definition) is 4. The zero-order valence-corrected chi connectivity index (χ0v) is 14.7. The van der Waals surface area contributed by atoms with Crippen molar-refractivity contribution < 1.29 is 5.11 Å². The zero-order valence-electron chi connectivity index (χ0n) is 14.7. The number of hydrogen-bond donors (Lipinski definition) is 2. The first-order valence-corrected chi connectivity index (χ1v) is 8.83. The first kappa shape index (κ1) is 18.4. The van der Waals surface area contributed by atoms with Gasteiger partial charge in [-0.3, -0.25) is 14.3 Å². The highest BCUT2D eigenvalue weighted by atomic mass is 16.3. The van der Waals surface area contributed by atoms with Crippen molar-refractivity contribution in [3.05, 3.63) is 26.7 Å². The third-order valence-corrected chi connectivity index (χ3v) is 4.49. The van der Waals surface area contributed by atoms with Gasteiger partial charge in [0.2, 0.25) is 0 Å². The minimum atomic E-state index is -0.432. The van der Waals surface area contributed by atoms with E-state index in [2.05, 4.69) is 9.97 Å². The van der Waals surface area contributed by atoms with Gasteiger partial charge in [-0.25, -0.2) is 9.78 Å². The fourth-order valence-electron chi connectivity index (χ4n) is 3.06. The summed E-state index contributed by atoms with van der Waals surface area (Å²) in [6, 6.07) is 0. The molecule has 0 saturated carbocycles. The van der Waals surface area contributed by atoms with Crippen LogP contribution in [0.4, 0.5) is 0 Å². The highest BCUT2D eigenvalue weighted by Gasteiger charge is 2.14. The molecule has 2 aromatic rings. The summed E-state index contributed by atoms with van der Waals surface area (Å²) in [6.07, 6.45) is 8.92. The number of unbranched alkanes of at least 4 members (excludes halogenated alkanes) is 7. The normalized spacial score (nSPS) is 11.5. The van der Waals surface area contributed by atoms with E-state index in [9.17, 15) is 9.59 Å². The van der Waals surface area contributed by atoms with Crippen molar-refractivity contribution in [1.29, 1.82) is 0 Å². The first-order valence-electron chi connectivity index (χ1n) is 8.83. The predicted octanol–water partition coefficient (Wildman–Crippen LogP) is 1.84. The third kappa shape index (κ3) is 4.35. The van der Waals surface area contributed by atoms with Gasteiger partial charge in [-0.05, 0) is 19.8 Å². The smallest absolute Gasteiger partial charge is 0.329 e. The number of aryl methyl sites for hydroxylation is 3. The molecule has 24 heavy (non-hydrogen) atoms. The zero-order chi connectivity index (χ0) is 17.5. The topological polar surface area (TPSA) is 92.9 Å². The molecule has 0 fully saturated rings. The van der Waals surface area contributed by atoms with Crippen LogP contribution in [0, 0.1) is 6.92 Å². The Morgan fingerprint density at radius 1 is 1.00 bits per heavy atom. The Balaban J connectivity index is 1.88. The highest BCUT2D eigenvalue weighted by molar-refractivity contribution is 5.70. The largest absolute Gasteiger partial charge is 0.396 e. The van der Waals surface area contributed by atoms with Gasteiger partial charge in [0.05, 0.1) is 0 Å². The molecule has 2 N–H and O–H groups in total. The van der Waals surface area contributed by atoms with Crippen LogP contribution in [0.1, 0.15) is 57.2 Å². The van der Waals surface area contributed by atoms with Crippen molar-refractivity contribution in [2.75, 3.05) is 6.61 Å². The molecule has 0 aromatic carbocycles. The second-order valence-electron chi connectivity index (χ2n) is 6.35. The van der Waals surface area contributed by atoms with Crippen LogP contribution in [0.3, 0.4) is 0 Å². The molecule has 2 aromatic heterocycles. The number of imidazole rings is 1. The summed E-state index contributed by atoms with van der Waals surface area (Å²) >= 11 is 0.